The molecule has 1 fully saturated rings. The molecule has 1 aliphatic heterocycles. The fourth-order valence-electron chi connectivity index (χ4n) is 5.85. The molecule has 3 heterocycles. The van der Waals surface area contributed by atoms with Crippen molar-refractivity contribution in [2.75, 3.05) is 31.1 Å². The second kappa shape index (κ2) is 11.9. The quantitative estimate of drug-likeness (QED) is 0.253. The van der Waals surface area contributed by atoms with E-state index in [2.05, 4.69) is 48.2 Å². The molecule has 7 nitrogen and oxygen atoms in total. The number of hydrogen-bond donors (Lipinski definition) is 0. The highest BCUT2D eigenvalue weighted by atomic mass is 16.2. The molecular weight excluding hydrogens is 508 g/mol. The Labute approximate surface area is 241 Å². The van der Waals surface area contributed by atoms with Crippen molar-refractivity contribution in [1.82, 2.24) is 24.6 Å². The van der Waals surface area contributed by atoms with Crippen LogP contribution in [0.2, 0.25) is 0 Å². The van der Waals surface area contributed by atoms with Gasteiger partial charge in [0.05, 0.1) is 22.7 Å². The number of nitrogens with zero attached hydrogens (tertiary/aromatic N) is 6. The SMILES string of the molecule is CCC(C(=O)N1CCCN(c2nc(Cc3ccccc3)nc3c2c(C)nn3-c2ccccc2)CC1)c1ccccc1. The number of hydrogen-bond acceptors (Lipinski definition) is 5. The molecule has 0 spiro atoms. The second-order valence-electron chi connectivity index (χ2n) is 10.7. The first-order chi connectivity index (χ1) is 20.1. The fraction of sp³-hybridized carbons (Fsp3) is 0.294. The van der Waals surface area contributed by atoms with Gasteiger partial charge in [-0.1, -0.05) is 85.8 Å². The molecule has 208 valence electrons. The summed E-state index contributed by atoms with van der Waals surface area (Å²) in [5.74, 6) is 1.77. The topological polar surface area (TPSA) is 67.2 Å². The third-order valence-electron chi connectivity index (χ3n) is 7.95. The number of carbonyl (C=O) groups excluding carboxylic acids is 1. The van der Waals surface area contributed by atoms with Crippen LogP contribution in [0, 0.1) is 6.92 Å². The van der Waals surface area contributed by atoms with E-state index in [0.717, 1.165) is 65.6 Å². The zero-order valence-electron chi connectivity index (χ0n) is 23.8. The summed E-state index contributed by atoms with van der Waals surface area (Å²) in [7, 11) is 0. The molecule has 0 bridgehead atoms. The Hall–Kier alpha value is -4.52. The van der Waals surface area contributed by atoms with Gasteiger partial charge >= 0.3 is 0 Å². The van der Waals surface area contributed by atoms with Crippen LogP contribution in [0.25, 0.3) is 16.7 Å². The lowest BCUT2D eigenvalue weighted by Gasteiger charge is -2.26. The van der Waals surface area contributed by atoms with E-state index in [4.69, 9.17) is 15.1 Å². The summed E-state index contributed by atoms with van der Waals surface area (Å²) in [6.07, 6.45) is 2.30. The van der Waals surface area contributed by atoms with Crippen molar-refractivity contribution < 1.29 is 4.79 Å². The van der Waals surface area contributed by atoms with Crippen molar-refractivity contribution in [3.05, 3.63) is 114 Å². The van der Waals surface area contributed by atoms with E-state index in [1.807, 2.05) is 71.1 Å². The molecule has 2 aromatic heterocycles. The van der Waals surface area contributed by atoms with Gasteiger partial charge in [0.1, 0.15) is 11.6 Å². The lowest BCUT2D eigenvalue weighted by atomic mass is 9.95. The van der Waals surface area contributed by atoms with Crippen molar-refractivity contribution in [2.24, 2.45) is 0 Å². The van der Waals surface area contributed by atoms with Crippen molar-refractivity contribution in [2.45, 2.75) is 39.0 Å². The molecule has 1 atom stereocenters. The maximum Gasteiger partial charge on any atom is 0.230 e. The lowest BCUT2D eigenvalue weighted by Crippen LogP contribution is -2.38. The van der Waals surface area contributed by atoms with E-state index in [1.54, 1.807) is 0 Å². The standard InChI is InChI=1S/C34H36N6O/c1-3-29(27-16-9-5-10-17-27)34(41)39-21-13-20-38(22-23-39)32-31-25(2)37-40(28-18-11-6-12-19-28)33(31)36-30(35-32)24-26-14-7-4-8-15-26/h4-12,14-19,29H,3,13,20-24H2,1-2H3. The maximum absolute atomic E-state index is 13.7. The summed E-state index contributed by atoms with van der Waals surface area (Å²) in [6.45, 7) is 7.06. The molecule has 0 saturated carbocycles. The molecule has 0 radical (unpaired) electrons. The number of aromatic nitrogens is 4. The van der Waals surface area contributed by atoms with Crippen LogP contribution in [-0.4, -0.2) is 56.7 Å². The predicted molar refractivity (Wildman–Crippen MR) is 164 cm³/mol. The van der Waals surface area contributed by atoms with Crippen LogP contribution in [0.1, 0.15) is 48.3 Å². The third kappa shape index (κ3) is 5.57. The third-order valence-corrected chi connectivity index (χ3v) is 7.95. The largest absolute Gasteiger partial charge is 0.354 e. The summed E-state index contributed by atoms with van der Waals surface area (Å²) in [5.41, 5.74) is 4.95. The zero-order valence-corrected chi connectivity index (χ0v) is 23.8. The minimum absolute atomic E-state index is 0.114. The molecule has 1 unspecified atom stereocenters. The highest BCUT2D eigenvalue weighted by molar-refractivity contribution is 5.91. The van der Waals surface area contributed by atoms with Gasteiger partial charge in [-0.05, 0) is 43.0 Å². The summed E-state index contributed by atoms with van der Waals surface area (Å²) < 4.78 is 1.93. The van der Waals surface area contributed by atoms with Crippen LogP contribution in [0.5, 0.6) is 0 Å². The predicted octanol–water partition coefficient (Wildman–Crippen LogP) is 5.95. The van der Waals surface area contributed by atoms with Gasteiger partial charge in [0.25, 0.3) is 0 Å². The van der Waals surface area contributed by atoms with Gasteiger partial charge in [-0.25, -0.2) is 14.6 Å². The number of amides is 1. The monoisotopic (exact) mass is 544 g/mol. The Morgan fingerprint density at radius 2 is 1.51 bits per heavy atom. The summed E-state index contributed by atoms with van der Waals surface area (Å²) in [6, 6.07) is 30.7. The maximum atomic E-state index is 13.7. The molecule has 1 amide bonds. The van der Waals surface area contributed by atoms with Crippen LogP contribution in [-0.2, 0) is 11.2 Å². The second-order valence-corrected chi connectivity index (χ2v) is 10.7. The molecule has 3 aromatic carbocycles. The normalized spacial score (nSPS) is 14.7. The summed E-state index contributed by atoms with van der Waals surface area (Å²) >= 11 is 0. The summed E-state index contributed by atoms with van der Waals surface area (Å²) in [4.78, 5) is 28.3. The van der Waals surface area contributed by atoms with Gasteiger partial charge in [-0.15, -0.1) is 0 Å². The first kappa shape index (κ1) is 26.7. The van der Waals surface area contributed by atoms with Gasteiger partial charge in [0.15, 0.2) is 5.65 Å². The molecular formula is C34H36N6O. The van der Waals surface area contributed by atoms with Crippen LogP contribution in [0.15, 0.2) is 91.0 Å². The van der Waals surface area contributed by atoms with Crippen LogP contribution < -0.4 is 4.90 Å². The molecule has 41 heavy (non-hydrogen) atoms. The number of carbonyl (C=O) groups is 1. The van der Waals surface area contributed by atoms with Gasteiger partial charge in [0.2, 0.25) is 5.91 Å². The molecule has 5 aromatic rings. The first-order valence-corrected chi connectivity index (χ1v) is 14.6. The molecule has 0 aliphatic carbocycles. The lowest BCUT2D eigenvalue weighted by molar-refractivity contribution is -0.132. The van der Waals surface area contributed by atoms with Crippen LogP contribution in [0.4, 0.5) is 5.82 Å². The Balaban J connectivity index is 1.35. The van der Waals surface area contributed by atoms with Crippen LogP contribution >= 0.6 is 0 Å². The molecule has 6 rings (SSSR count). The average Bonchev–Trinajstić information content (AvgIpc) is 3.17. The van der Waals surface area contributed by atoms with Gasteiger partial charge < -0.3 is 9.80 Å². The number of aryl methyl sites for hydroxylation is 1. The Kier molecular flexibility index (Phi) is 7.76. The van der Waals surface area contributed by atoms with Crippen molar-refractivity contribution in [3.63, 3.8) is 0 Å². The van der Waals surface area contributed by atoms with E-state index in [-0.39, 0.29) is 11.8 Å². The Morgan fingerprint density at radius 1 is 0.829 bits per heavy atom. The van der Waals surface area contributed by atoms with Gasteiger partial charge in [-0.2, -0.15) is 5.10 Å². The highest BCUT2D eigenvalue weighted by Crippen LogP contribution is 2.31. The fourth-order valence-corrected chi connectivity index (χ4v) is 5.85. The van der Waals surface area contributed by atoms with Crippen molar-refractivity contribution in [3.8, 4) is 5.69 Å². The van der Waals surface area contributed by atoms with Crippen molar-refractivity contribution in [1.29, 1.82) is 0 Å². The Bertz CT molecular complexity index is 1620. The van der Waals surface area contributed by atoms with E-state index in [9.17, 15) is 4.79 Å². The van der Waals surface area contributed by atoms with E-state index < -0.39 is 0 Å². The van der Waals surface area contributed by atoms with Gasteiger partial charge in [-0.3, -0.25) is 4.79 Å². The van der Waals surface area contributed by atoms with E-state index in [0.29, 0.717) is 19.5 Å². The number of para-hydroxylation sites is 1. The number of anilines is 1. The average molecular weight is 545 g/mol. The summed E-state index contributed by atoms with van der Waals surface area (Å²) in [5, 5.41) is 5.89. The van der Waals surface area contributed by atoms with Crippen molar-refractivity contribution >= 4 is 22.8 Å². The molecule has 0 N–H and O–H groups in total. The number of fused-ring (bicyclic) bond motifs is 1. The first-order valence-electron chi connectivity index (χ1n) is 14.6. The van der Waals surface area contributed by atoms with E-state index in [1.165, 1.54) is 5.56 Å². The number of rotatable bonds is 7. The smallest absolute Gasteiger partial charge is 0.230 e. The highest BCUT2D eigenvalue weighted by Gasteiger charge is 2.28. The molecule has 1 saturated heterocycles. The van der Waals surface area contributed by atoms with E-state index >= 15 is 0 Å². The molecule has 1 aliphatic rings. The molecule has 7 heteroatoms. The zero-order chi connectivity index (χ0) is 28.2. The Morgan fingerprint density at radius 3 is 2.22 bits per heavy atom. The van der Waals surface area contributed by atoms with Crippen LogP contribution in [0.3, 0.4) is 0 Å². The van der Waals surface area contributed by atoms with Gasteiger partial charge in [0, 0.05) is 32.6 Å². The number of benzene rings is 3. The minimum Gasteiger partial charge on any atom is -0.354 e. The minimum atomic E-state index is -0.114.